The van der Waals surface area contributed by atoms with Crippen molar-refractivity contribution < 1.29 is 29.4 Å². The molecular weight excluding hydrogens is 344 g/mol. The first kappa shape index (κ1) is 23.8. The molecule has 0 aliphatic carbocycles. The minimum atomic E-state index is -1.20. The fraction of sp³-hybridized carbons (Fsp3) is 0.750. The molecule has 0 unspecified atom stereocenters. The minimum absolute atomic E-state index is 0.256. The van der Waals surface area contributed by atoms with Gasteiger partial charge < -0.3 is 31.9 Å². The molecule has 6 atom stereocenters. The SMILES string of the molecule is CC[C@H](C)[C@H](NC(=O)[C@@H](N)[C@@H](C)O)C(=O)N[C@@H](C)C(=O)N[C@@H](C)C(=O)O. The maximum Gasteiger partial charge on any atom is 0.325 e. The van der Waals surface area contributed by atoms with Gasteiger partial charge in [-0.3, -0.25) is 19.2 Å². The number of rotatable bonds is 10. The topological polar surface area (TPSA) is 171 Å². The molecule has 0 fully saturated rings. The number of carbonyl (C=O) groups excluding carboxylic acids is 3. The van der Waals surface area contributed by atoms with E-state index in [1.54, 1.807) is 6.92 Å². The molecule has 26 heavy (non-hydrogen) atoms. The molecule has 150 valence electrons. The second-order valence-corrected chi connectivity index (χ2v) is 6.44. The fourth-order valence-corrected chi connectivity index (χ4v) is 1.94. The number of aliphatic hydroxyl groups excluding tert-OH is 1. The Bertz CT molecular complexity index is 525. The van der Waals surface area contributed by atoms with Gasteiger partial charge in [0.15, 0.2) is 0 Å². The molecule has 0 spiro atoms. The highest BCUT2D eigenvalue weighted by atomic mass is 16.4. The third-order valence-electron chi connectivity index (χ3n) is 4.10. The quantitative estimate of drug-likeness (QED) is 0.265. The second-order valence-electron chi connectivity index (χ2n) is 6.44. The van der Waals surface area contributed by atoms with Crippen molar-refractivity contribution in [1.82, 2.24) is 16.0 Å². The summed E-state index contributed by atoms with van der Waals surface area (Å²) in [7, 11) is 0. The molecule has 0 aliphatic heterocycles. The maximum absolute atomic E-state index is 12.5. The molecule has 3 amide bonds. The molecule has 0 aromatic heterocycles. The molecule has 0 heterocycles. The summed E-state index contributed by atoms with van der Waals surface area (Å²) in [5.41, 5.74) is 5.57. The van der Waals surface area contributed by atoms with Crippen molar-refractivity contribution in [2.75, 3.05) is 0 Å². The zero-order valence-electron chi connectivity index (χ0n) is 15.8. The van der Waals surface area contributed by atoms with Gasteiger partial charge in [-0.1, -0.05) is 20.3 Å². The number of hydrogen-bond acceptors (Lipinski definition) is 6. The molecule has 0 aliphatic rings. The average Bonchev–Trinajstić information content (AvgIpc) is 2.57. The third kappa shape index (κ3) is 7.36. The van der Waals surface area contributed by atoms with Crippen LogP contribution >= 0.6 is 0 Å². The van der Waals surface area contributed by atoms with Crippen LogP contribution in [0.25, 0.3) is 0 Å². The summed E-state index contributed by atoms with van der Waals surface area (Å²) in [6, 6.07) is -4.25. The van der Waals surface area contributed by atoms with Gasteiger partial charge in [0.1, 0.15) is 24.2 Å². The van der Waals surface area contributed by atoms with Gasteiger partial charge in [0, 0.05) is 0 Å². The van der Waals surface area contributed by atoms with Crippen molar-refractivity contribution in [3.05, 3.63) is 0 Å². The molecule has 0 aromatic rings. The summed E-state index contributed by atoms with van der Waals surface area (Å²) in [4.78, 5) is 47.2. The molecular formula is C16H30N4O6. The Morgan fingerprint density at radius 2 is 1.38 bits per heavy atom. The average molecular weight is 374 g/mol. The number of aliphatic hydroxyl groups is 1. The van der Waals surface area contributed by atoms with E-state index in [9.17, 15) is 24.3 Å². The lowest BCUT2D eigenvalue weighted by Crippen LogP contribution is -2.59. The lowest BCUT2D eigenvalue weighted by Gasteiger charge is -2.27. The highest BCUT2D eigenvalue weighted by Gasteiger charge is 2.31. The maximum atomic E-state index is 12.5. The van der Waals surface area contributed by atoms with Gasteiger partial charge in [0.25, 0.3) is 0 Å². The van der Waals surface area contributed by atoms with Gasteiger partial charge in [-0.05, 0) is 26.7 Å². The van der Waals surface area contributed by atoms with Crippen molar-refractivity contribution in [2.24, 2.45) is 11.7 Å². The van der Waals surface area contributed by atoms with Crippen LogP contribution in [0.1, 0.15) is 41.0 Å². The number of nitrogens with two attached hydrogens (primary N) is 1. The van der Waals surface area contributed by atoms with E-state index in [1.807, 2.05) is 6.92 Å². The van der Waals surface area contributed by atoms with Gasteiger partial charge >= 0.3 is 5.97 Å². The normalized spacial score (nSPS) is 17.8. The largest absolute Gasteiger partial charge is 0.480 e. The highest BCUT2D eigenvalue weighted by Crippen LogP contribution is 2.09. The van der Waals surface area contributed by atoms with E-state index in [2.05, 4.69) is 16.0 Å². The molecule has 0 bridgehead atoms. The Kier molecular flexibility index (Phi) is 9.81. The number of carbonyl (C=O) groups is 4. The summed E-state index contributed by atoms with van der Waals surface area (Å²) >= 11 is 0. The molecule has 0 radical (unpaired) electrons. The van der Waals surface area contributed by atoms with Crippen molar-refractivity contribution in [3.63, 3.8) is 0 Å². The Balaban J connectivity index is 5.01. The number of carboxylic acids is 1. The van der Waals surface area contributed by atoms with Gasteiger partial charge in [-0.2, -0.15) is 0 Å². The molecule has 0 saturated carbocycles. The van der Waals surface area contributed by atoms with E-state index in [0.717, 1.165) is 0 Å². The van der Waals surface area contributed by atoms with Crippen LogP contribution in [0, 0.1) is 5.92 Å². The van der Waals surface area contributed by atoms with E-state index in [0.29, 0.717) is 6.42 Å². The lowest BCUT2D eigenvalue weighted by molar-refractivity contribution is -0.141. The number of aliphatic carboxylic acids is 1. The first-order valence-electron chi connectivity index (χ1n) is 8.49. The monoisotopic (exact) mass is 374 g/mol. The summed E-state index contributed by atoms with van der Waals surface area (Å²) in [6.07, 6.45) is -0.517. The Labute approximate surface area is 152 Å². The Morgan fingerprint density at radius 3 is 1.81 bits per heavy atom. The van der Waals surface area contributed by atoms with Gasteiger partial charge in [-0.25, -0.2) is 0 Å². The van der Waals surface area contributed by atoms with Crippen LogP contribution in [0.3, 0.4) is 0 Å². The number of amides is 3. The van der Waals surface area contributed by atoms with Crippen molar-refractivity contribution in [2.45, 2.75) is 71.3 Å². The van der Waals surface area contributed by atoms with Crippen LogP contribution in [-0.4, -0.2) is 64.2 Å². The van der Waals surface area contributed by atoms with Crippen LogP contribution in [-0.2, 0) is 19.2 Å². The first-order valence-corrected chi connectivity index (χ1v) is 8.49. The second kappa shape index (κ2) is 10.7. The van der Waals surface area contributed by atoms with E-state index >= 15 is 0 Å². The first-order chi connectivity index (χ1) is 11.9. The Morgan fingerprint density at radius 1 is 0.885 bits per heavy atom. The zero-order valence-corrected chi connectivity index (χ0v) is 15.8. The Hall–Kier alpha value is -2.20. The third-order valence-corrected chi connectivity index (χ3v) is 4.10. The summed E-state index contributed by atoms with van der Waals surface area (Å²) in [5, 5.41) is 25.4. The van der Waals surface area contributed by atoms with E-state index in [-0.39, 0.29) is 5.92 Å². The fourth-order valence-electron chi connectivity index (χ4n) is 1.94. The molecule has 0 saturated heterocycles. The number of hydrogen-bond donors (Lipinski definition) is 6. The predicted molar refractivity (Wildman–Crippen MR) is 93.9 cm³/mol. The zero-order chi connectivity index (χ0) is 20.6. The summed E-state index contributed by atoms with van der Waals surface area (Å²) in [6.45, 7) is 7.64. The molecule has 10 heteroatoms. The van der Waals surface area contributed by atoms with Crippen LogP contribution in [0.5, 0.6) is 0 Å². The standard InChI is InChI=1S/C16H30N4O6/c1-6-7(2)12(20-14(23)11(17)10(5)21)15(24)18-8(3)13(22)19-9(4)16(25)26/h7-12,21H,6,17H2,1-5H3,(H,18,24)(H,19,22)(H,20,23)(H,25,26)/t7-,8-,9-,10+,11-,12-/m0/s1. The van der Waals surface area contributed by atoms with Crippen LogP contribution < -0.4 is 21.7 Å². The van der Waals surface area contributed by atoms with Crippen molar-refractivity contribution >= 4 is 23.7 Å². The van der Waals surface area contributed by atoms with Crippen molar-refractivity contribution in [3.8, 4) is 0 Å². The molecule has 0 rings (SSSR count). The van der Waals surface area contributed by atoms with Crippen LogP contribution in [0.4, 0.5) is 0 Å². The van der Waals surface area contributed by atoms with E-state index in [4.69, 9.17) is 10.8 Å². The summed E-state index contributed by atoms with van der Waals surface area (Å²) in [5.74, 6) is -3.40. The van der Waals surface area contributed by atoms with Crippen LogP contribution in [0.15, 0.2) is 0 Å². The van der Waals surface area contributed by atoms with Gasteiger partial charge in [-0.15, -0.1) is 0 Å². The van der Waals surface area contributed by atoms with Gasteiger partial charge in [0.2, 0.25) is 17.7 Å². The van der Waals surface area contributed by atoms with Crippen LogP contribution in [0.2, 0.25) is 0 Å². The highest BCUT2D eigenvalue weighted by molar-refractivity contribution is 5.94. The van der Waals surface area contributed by atoms with Crippen molar-refractivity contribution in [1.29, 1.82) is 0 Å². The molecule has 10 nitrogen and oxygen atoms in total. The van der Waals surface area contributed by atoms with Gasteiger partial charge in [0.05, 0.1) is 6.10 Å². The lowest BCUT2D eigenvalue weighted by atomic mass is 9.97. The smallest absolute Gasteiger partial charge is 0.325 e. The van der Waals surface area contributed by atoms with E-state index < -0.39 is 54.0 Å². The predicted octanol–water partition coefficient (Wildman–Crippen LogP) is -1.68. The summed E-state index contributed by atoms with van der Waals surface area (Å²) < 4.78 is 0. The molecule has 0 aromatic carbocycles. The number of nitrogens with one attached hydrogen (secondary N) is 3. The van der Waals surface area contributed by atoms with E-state index in [1.165, 1.54) is 20.8 Å². The molecule has 7 N–H and O–H groups in total. The number of carboxylic acid groups (broad SMARTS) is 1. The minimum Gasteiger partial charge on any atom is -0.480 e.